The van der Waals surface area contributed by atoms with Crippen LogP contribution in [0.15, 0.2) is 46.0 Å². The van der Waals surface area contributed by atoms with E-state index in [1.165, 1.54) is 0 Å². The highest BCUT2D eigenvalue weighted by atomic mass is 127. The van der Waals surface area contributed by atoms with Crippen molar-refractivity contribution in [1.82, 2.24) is 25.7 Å². The van der Waals surface area contributed by atoms with Gasteiger partial charge >= 0.3 is 0 Å². The third kappa shape index (κ3) is 7.32. The van der Waals surface area contributed by atoms with E-state index < -0.39 is 0 Å². The molecule has 0 unspecified atom stereocenters. The molecule has 1 amide bonds. The lowest BCUT2D eigenvalue weighted by Crippen LogP contribution is -2.41. The zero-order valence-corrected chi connectivity index (χ0v) is 18.7. The van der Waals surface area contributed by atoms with Crippen molar-refractivity contribution in [2.75, 3.05) is 19.6 Å². The normalized spacial score (nSPS) is 10.8. The van der Waals surface area contributed by atoms with Gasteiger partial charge in [0.15, 0.2) is 5.96 Å². The molecule has 1 heterocycles. The molecule has 2 aromatic rings. The molecule has 0 bridgehead atoms. The lowest BCUT2D eigenvalue weighted by molar-refractivity contribution is 0.0954. The predicted octanol–water partition coefficient (Wildman–Crippen LogP) is 2.29. The summed E-state index contributed by atoms with van der Waals surface area (Å²) in [6.07, 6.45) is 1.75. The van der Waals surface area contributed by atoms with Crippen LogP contribution in [-0.4, -0.2) is 41.3 Å². The third-order valence-electron chi connectivity index (χ3n) is 3.48. The molecule has 0 aliphatic carbocycles. The Morgan fingerprint density at radius 1 is 1.15 bits per heavy atom. The van der Waals surface area contributed by atoms with Gasteiger partial charge in [0.1, 0.15) is 0 Å². The maximum atomic E-state index is 12.0. The first-order valence-corrected chi connectivity index (χ1v) is 8.92. The summed E-state index contributed by atoms with van der Waals surface area (Å²) in [6, 6.07) is 9.20. The quantitative estimate of drug-likeness (QED) is 0.220. The van der Waals surface area contributed by atoms with E-state index in [2.05, 4.69) is 42.0 Å². The van der Waals surface area contributed by atoms with Crippen LogP contribution in [0.25, 0.3) is 0 Å². The topological polar surface area (TPSA) is 83.3 Å². The van der Waals surface area contributed by atoms with E-state index in [0.29, 0.717) is 31.2 Å². The SMILES string of the molecule is CCNC(=NCc1ccnn1C)NCCNC(=O)c1ccc(Br)cc1.I. The largest absolute Gasteiger partial charge is 0.357 e. The Morgan fingerprint density at radius 3 is 2.46 bits per heavy atom. The van der Waals surface area contributed by atoms with Gasteiger partial charge in [-0.2, -0.15) is 5.10 Å². The highest BCUT2D eigenvalue weighted by Crippen LogP contribution is 2.10. The predicted molar refractivity (Wildman–Crippen MR) is 118 cm³/mol. The minimum Gasteiger partial charge on any atom is -0.357 e. The second kappa shape index (κ2) is 11.9. The van der Waals surface area contributed by atoms with E-state index in [-0.39, 0.29) is 29.9 Å². The van der Waals surface area contributed by atoms with Crippen LogP contribution in [0.5, 0.6) is 0 Å². The molecule has 3 N–H and O–H groups in total. The molecule has 0 saturated heterocycles. The number of hydrogen-bond acceptors (Lipinski definition) is 3. The molecule has 0 fully saturated rings. The van der Waals surface area contributed by atoms with Crippen LogP contribution < -0.4 is 16.0 Å². The van der Waals surface area contributed by atoms with Crippen LogP contribution in [-0.2, 0) is 13.6 Å². The minimum absolute atomic E-state index is 0. The number of nitrogens with zero attached hydrogens (tertiary/aromatic N) is 3. The molecule has 1 aromatic heterocycles. The Balaban J connectivity index is 0.00000338. The van der Waals surface area contributed by atoms with E-state index in [0.717, 1.165) is 16.7 Å². The van der Waals surface area contributed by atoms with E-state index in [1.54, 1.807) is 23.0 Å². The summed E-state index contributed by atoms with van der Waals surface area (Å²) in [4.78, 5) is 16.6. The van der Waals surface area contributed by atoms with Crippen molar-refractivity contribution in [2.45, 2.75) is 13.5 Å². The third-order valence-corrected chi connectivity index (χ3v) is 4.00. The standard InChI is InChI=1S/C17H23BrN6O.HI/c1-3-19-17(22-12-15-8-9-23-24(15)2)21-11-10-20-16(25)13-4-6-14(18)7-5-13;/h4-9H,3,10-12H2,1-2H3,(H,20,25)(H2,19,21,22);1H. The van der Waals surface area contributed by atoms with Crippen molar-refractivity contribution in [2.24, 2.45) is 12.0 Å². The number of nitrogens with one attached hydrogen (secondary N) is 3. The molecule has 0 radical (unpaired) electrons. The number of aromatic nitrogens is 2. The maximum absolute atomic E-state index is 12.0. The maximum Gasteiger partial charge on any atom is 0.251 e. The fourth-order valence-corrected chi connectivity index (χ4v) is 2.38. The van der Waals surface area contributed by atoms with E-state index in [4.69, 9.17) is 0 Å². The van der Waals surface area contributed by atoms with E-state index >= 15 is 0 Å². The lowest BCUT2D eigenvalue weighted by atomic mass is 10.2. The average molecular weight is 535 g/mol. The van der Waals surface area contributed by atoms with Crippen molar-refractivity contribution >= 4 is 51.8 Å². The van der Waals surface area contributed by atoms with Crippen molar-refractivity contribution in [3.63, 3.8) is 0 Å². The van der Waals surface area contributed by atoms with Gasteiger partial charge in [0, 0.05) is 42.9 Å². The monoisotopic (exact) mass is 534 g/mol. The van der Waals surface area contributed by atoms with Gasteiger partial charge in [0.2, 0.25) is 0 Å². The molecular weight excluding hydrogens is 511 g/mol. The molecule has 0 spiro atoms. The summed E-state index contributed by atoms with van der Waals surface area (Å²) < 4.78 is 2.75. The molecule has 26 heavy (non-hydrogen) atoms. The number of guanidine groups is 1. The van der Waals surface area contributed by atoms with E-state index in [9.17, 15) is 4.79 Å². The second-order valence-corrected chi connectivity index (χ2v) is 6.25. The summed E-state index contributed by atoms with van der Waals surface area (Å²) >= 11 is 3.36. The summed E-state index contributed by atoms with van der Waals surface area (Å²) in [7, 11) is 1.89. The van der Waals surface area contributed by atoms with Crippen molar-refractivity contribution in [1.29, 1.82) is 0 Å². The summed E-state index contributed by atoms with van der Waals surface area (Å²) in [5.41, 5.74) is 1.67. The first kappa shape index (κ1) is 22.4. The molecule has 2 rings (SSSR count). The van der Waals surface area contributed by atoms with Gasteiger partial charge in [-0.1, -0.05) is 15.9 Å². The number of hydrogen-bond donors (Lipinski definition) is 3. The van der Waals surface area contributed by atoms with Crippen molar-refractivity contribution in [3.8, 4) is 0 Å². The number of carbonyl (C=O) groups is 1. The molecular formula is C17H24BrIN6O. The van der Waals surface area contributed by atoms with Crippen LogP contribution in [0.1, 0.15) is 23.0 Å². The van der Waals surface area contributed by atoms with Gasteiger partial charge < -0.3 is 16.0 Å². The van der Waals surface area contributed by atoms with Crippen LogP contribution in [0.2, 0.25) is 0 Å². The molecule has 7 nitrogen and oxygen atoms in total. The number of carbonyl (C=O) groups excluding carboxylic acids is 1. The van der Waals surface area contributed by atoms with Gasteiger partial charge in [-0.3, -0.25) is 9.48 Å². The highest BCUT2D eigenvalue weighted by molar-refractivity contribution is 14.0. The van der Waals surface area contributed by atoms with Crippen LogP contribution in [0, 0.1) is 0 Å². The van der Waals surface area contributed by atoms with Gasteiger partial charge in [0.25, 0.3) is 5.91 Å². The summed E-state index contributed by atoms with van der Waals surface area (Å²) in [5.74, 6) is 0.618. The summed E-state index contributed by atoms with van der Waals surface area (Å²) in [5, 5.41) is 13.4. The van der Waals surface area contributed by atoms with Crippen molar-refractivity contribution < 1.29 is 4.79 Å². The Kier molecular flexibility index (Phi) is 10.3. The number of benzene rings is 1. The molecule has 0 atom stereocenters. The number of rotatable bonds is 7. The Morgan fingerprint density at radius 2 is 1.85 bits per heavy atom. The van der Waals surface area contributed by atoms with Gasteiger partial charge in [-0.15, -0.1) is 24.0 Å². The van der Waals surface area contributed by atoms with Gasteiger partial charge in [0.05, 0.1) is 12.2 Å². The number of halogens is 2. The fourth-order valence-electron chi connectivity index (χ4n) is 2.12. The van der Waals surface area contributed by atoms with Gasteiger partial charge in [-0.25, -0.2) is 4.99 Å². The minimum atomic E-state index is -0.0916. The van der Waals surface area contributed by atoms with E-state index in [1.807, 2.05) is 32.2 Å². The number of aryl methyl sites for hydroxylation is 1. The number of aliphatic imine (C=N–C) groups is 1. The first-order valence-electron chi connectivity index (χ1n) is 8.13. The molecule has 0 aliphatic heterocycles. The molecule has 0 saturated carbocycles. The summed E-state index contributed by atoms with van der Waals surface area (Å²) in [6.45, 7) is 4.40. The Hall–Kier alpha value is -1.62. The molecule has 142 valence electrons. The smallest absolute Gasteiger partial charge is 0.251 e. The number of amides is 1. The molecule has 9 heteroatoms. The second-order valence-electron chi connectivity index (χ2n) is 5.33. The fraction of sp³-hybridized carbons (Fsp3) is 0.353. The Labute approximate surface area is 179 Å². The molecule has 0 aliphatic rings. The zero-order valence-electron chi connectivity index (χ0n) is 14.8. The van der Waals surface area contributed by atoms with Crippen molar-refractivity contribution in [3.05, 3.63) is 52.3 Å². The van der Waals surface area contributed by atoms with Crippen LogP contribution in [0.4, 0.5) is 0 Å². The van der Waals surface area contributed by atoms with Crippen LogP contribution >= 0.6 is 39.9 Å². The van der Waals surface area contributed by atoms with Crippen LogP contribution in [0.3, 0.4) is 0 Å². The molecule has 1 aromatic carbocycles. The highest BCUT2D eigenvalue weighted by Gasteiger charge is 2.04. The lowest BCUT2D eigenvalue weighted by Gasteiger charge is -2.12. The Bertz CT molecular complexity index is 716. The average Bonchev–Trinajstić information content (AvgIpc) is 3.02. The zero-order chi connectivity index (χ0) is 18.1. The first-order chi connectivity index (χ1) is 12.1. The van der Waals surface area contributed by atoms with Gasteiger partial charge in [-0.05, 0) is 37.3 Å².